The minimum absolute atomic E-state index is 0.506. The molecular formula is C23H20N2O2. The molecule has 4 heteroatoms. The second-order valence-corrected chi connectivity index (χ2v) is 5.98. The highest BCUT2D eigenvalue weighted by atomic mass is 16.4. The number of nitrogens with zero attached hydrogens (tertiary/aromatic N) is 2. The minimum Gasteiger partial charge on any atom is -0.463 e. The number of hydrazone groups is 1. The van der Waals surface area contributed by atoms with Gasteiger partial charge < -0.3 is 5.11 Å². The Balaban J connectivity index is 1.78. The summed E-state index contributed by atoms with van der Waals surface area (Å²) < 4.78 is 0. The van der Waals surface area contributed by atoms with E-state index in [1.54, 1.807) is 31.2 Å². The molecule has 0 aliphatic heterocycles. The van der Waals surface area contributed by atoms with Gasteiger partial charge >= 0.3 is 6.09 Å². The molecule has 0 radical (unpaired) electrons. The third kappa shape index (κ3) is 4.92. The normalized spacial score (nSPS) is 11.5. The Kier molecular flexibility index (Phi) is 5.80. The molecule has 0 aromatic heterocycles. The van der Waals surface area contributed by atoms with E-state index < -0.39 is 6.09 Å². The van der Waals surface area contributed by atoms with Crippen LogP contribution in [0.1, 0.15) is 23.6 Å². The van der Waals surface area contributed by atoms with Gasteiger partial charge in [-0.05, 0) is 35.7 Å². The number of para-hydroxylation sites is 1. The number of carbonyl (C=O) groups is 1. The molecule has 0 fully saturated rings. The maximum absolute atomic E-state index is 11.6. The van der Waals surface area contributed by atoms with Crippen LogP contribution in [-0.2, 0) is 0 Å². The van der Waals surface area contributed by atoms with Crippen LogP contribution in [0.4, 0.5) is 10.5 Å². The highest BCUT2D eigenvalue weighted by Crippen LogP contribution is 2.16. The lowest BCUT2D eigenvalue weighted by molar-refractivity contribution is 0.202. The lowest BCUT2D eigenvalue weighted by atomic mass is 10.1. The van der Waals surface area contributed by atoms with Crippen molar-refractivity contribution >= 4 is 29.6 Å². The van der Waals surface area contributed by atoms with Crippen LogP contribution in [0.3, 0.4) is 0 Å². The van der Waals surface area contributed by atoms with Crippen molar-refractivity contribution in [2.45, 2.75) is 6.92 Å². The van der Waals surface area contributed by atoms with Crippen LogP contribution >= 0.6 is 0 Å². The average Bonchev–Trinajstić information content (AvgIpc) is 2.72. The van der Waals surface area contributed by atoms with Gasteiger partial charge in [-0.25, -0.2) is 4.79 Å². The highest BCUT2D eigenvalue weighted by Gasteiger charge is 2.13. The maximum atomic E-state index is 11.6. The summed E-state index contributed by atoms with van der Waals surface area (Å²) in [6.07, 6.45) is 2.97. The molecule has 4 nitrogen and oxygen atoms in total. The van der Waals surface area contributed by atoms with Crippen LogP contribution in [0, 0.1) is 0 Å². The molecule has 0 saturated heterocycles. The second kappa shape index (κ2) is 8.63. The zero-order valence-corrected chi connectivity index (χ0v) is 15.0. The van der Waals surface area contributed by atoms with E-state index in [1.807, 2.05) is 66.7 Å². The second-order valence-electron chi connectivity index (χ2n) is 5.98. The smallest absolute Gasteiger partial charge is 0.432 e. The van der Waals surface area contributed by atoms with Crippen LogP contribution in [0.15, 0.2) is 90.0 Å². The molecule has 27 heavy (non-hydrogen) atoms. The number of amides is 1. The third-order valence-electron chi connectivity index (χ3n) is 4.03. The van der Waals surface area contributed by atoms with Gasteiger partial charge in [0.05, 0.1) is 11.4 Å². The molecule has 0 atom stereocenters. The van der Waals surface area contributed by atoms with Crippen molar-refractivity contribution in [2.24, 2.45) is 5.10 Å². The Hall–Kier alpha value is -3.66. The molecule has 0 saturated carbocycles. The highest BCUT2D eigenvalue weighted by molar-refractivity contribution is 6.01. The average molecular weight is 356 g/mol. The van der Waals surface area contributed by atoms with Crippen molar-refractivity contribution in [3.05, 3.63) is 102 Å². The monoisotopic (exact) mass is 356 g/mol. The number of hydrogen-bond donors (Lipinski definition) is 1. The molecule has 0 spiro atoms. The van der Waals surface area contributed by atoms with Crippen LogP contribution in [0.25, 0.3) is 12.2 Å². The quantitative estimate of drug-likeness (QED) is 0.359. The third-order valence-corrected chi connectivity index (χ3v) is 4.03. The van der Waals surface area contributed by atoms with E-state index in [4.69, 9.17) is 0 Å². The number of carboxylic acid groups (broad SMARTS) is 1. The topological polar surface area (TPSA) is 52.9 Å². The van der Waals surface area contributed by atoms with E-state index >= 15 is 0 Å². The Morgan fingerprint density at radius 3 is 1.89 bits per heavy atom. The molecule has 0 bridgehead atoms. The van der Waals surface area contributed by atoms with Crippen molar-refractivity contribution in [3.8, 4) is 0 Å². The Bertz CT molecular complexity index is 947. The molecule has 3 aromatic rings. The number of hydrogen-bond acceptors (Lipinski definition) is 2. The van der Waals surface area contributed by atoms with Crippen LogP contribution in [0.2, 0.25) is 0 Å². The predicted octanol–water partition coefficient (Wildman–Crippen LogP) is 5.77. The predicted molar refractivity (Wildman–Crippen MR) is 111 cm³/mol. The summed E-state index contributed by atoms with van der Waals surface area (Å²) in [7, 11) is 0. The van der Waals surface area contributed by atoms with E-state index in [0.717, 1.165) is 21.7 Å². The number of anilines is 1. The SMILES string of the molecule is CC(=NN(C(=O)O)c1ccccc1)c1ccc(C=Cc2ccccc2)cc1. The molecule has 0 aliphatic carbocycles. The van der Waals surface area contributed by atoms with Crippen molar-refractivity contribution in [1.82, 2.24) is 0 Å². The van der Waals surface area contributed by atoms with E-state index in [0.29, 0.717) is 11.4 Å². The van der Waals surface area contributed by atoms with Crippen LogP contribution < -0.4 is 5.01 Å². The van der Waals surface area contributed by atoms with Gasteiger partial charge in [0, 0.05) is 0 Å². The molecule has 1 amide bonds. The lowest BCUT2D eigenvalue weighted by Gasteiger charge is -2.14. The van der Waals surface area contributed by atoms with Crippen LogP contribution in [-0.4, -0.2) is 16.9 Å². The summed E-state index contributed by atoms with van der Waals surface area (Å²) in [6.45, 7) is 1.80. The Morgan fingerprint density at radius 1 is 0.815 bits per heavy atom. The summed E-state index contributed by atoms with van der Waals surface area (Å²) in [5.41, 5.74) is 4.20. The van der Waals surface area contributed by atoms with Gasteiger partial charge in [-0.3, -0.25) is 0 Å². The van der Waals surface area contributed by atoms with Crippen LogP contribution in [0.5, 0.6) is 0 Å². The minimum atomic E-state index is -1.12. The fourth-order valence-electron chi connectivity index (χ4n) is 2.58. The molecular weight excluding hydrogens is 336 g/mol. The van der Waals surface area contributed by atoms with Gasteiger partial charge in [-0.1, -0.05) is 84.9 Å². The van der Waals surface area contributed by atoms with Crippen molar-refractivity contribution in [2.75, 3.05) is 5.01 Å². The fourth-order valence-corrected chi connectivity index (χ4v) is 2.58. The molecule has 1 N–H and O–H groups in total. The summed E-state index contributed by atoms with van der Waals surface area (Å²) in [4.78, 5) is 11.6. The standard InChI is InChI=1S/C23H20N2O2/c1-18(24-25(23(26)27)22-10-6-3-7-11-22)21-16-14-20(15-17-21)13-12-19-8-4-2-5-9-19/h2-17H,1H3,(H,26,27). The first kappa shape index (κ1) is 18.1. The van der Waals surface area contributed by atoms with Gasteiger partial charge in [0.15, 0.2) is 0 Å². The Morgan fingerprint density at radius 2 is 1.33 bits per heavy atom. The molecule has 3 aromatic carbocycles. The van der Waals surface area contributed by atoms with Gasteiger partial charge in [0.2, 0.25) is 0 Å². The van der Waals surface area contributed by atoms with Gasteiger partial charge in [-0.2, -0.15) is 10.1 Å². The van der Waals surface area contributed by atoms with E-state index in [9.17, 15) is 9.90 Å². The largest absolute Gasteiger partial charge is 0.463 e. The van der Waals surface area contributed by atoms with Crippen molar-refractivity contribution < 1.29 is 9.90 Å². The van der Waals surface area contributed by atoms with E-state index in [1.165, 1.54) is 0 Å². The zero-order valence-electron chi connectivity index (χ0n) is 15.0. The number of benzene rings is 3. The van der Waals surface area contributed by atoms with Gasteiger partial charge in [0.1, 0.15) is 0 Å². The molecule has 0 aliphatic rings. The first-order valence-electron chi connectivity index (χ1n) is 8.60. The van der Waals surface area contributed by atoms with E-state index in [2.05, 4.69) is 11.2 Å². The van der Waals surface area contributed by atoms with Crippen molar-refractivity contribution in [3.63, 3.8) is 0 Å². The lowest BCUT2D eigenvalue weighted by Crippen LogP contribution is -2.24. The van der Waals surface area contributed by atoms with Crippen molar-refractivity contribution in [1.29, 1.82) is 0 Å². The Labute approximate surface area is 158 Å². The first-order valence-corrected chi connectivity index (χ1v) is 8.60. The molecule has 0 heterocycles. The van der Waals surface area contributed by atoms with Gasteiger partial charge in [-0.15, -0.1) is 0 Å². The first-order chi connectivity index (χ1) is 13.1. The zero-order chi connectivity index (χ0) is 19.1. The molecule has 134 valence electrons. The summed E-state index contributed by atoms with van der Waals surface area (Å²) in [5, 5.41) is 14.7. The summed E-state index contributed by atoms with van der Waals surface area (Å²) in [6, 6.07) is 26.8. The van der Waals surface area contributed by atoms with E-state index in [-0.39, 0.29) is 0 Å². The number of rotatable bonds is 5. The fraction of sp³-hybridized carbons (Fsp3) is 0.0435. The molecule has 0 unspecified atom stereocenters. The summed E-state index contributed by atoms with van der Waals surface area (Å²) in [5.74, 6) is 0. The van der Waals surface area contributed by atoms with Gasteiger partial charge in [0.25, 0.3) is 0 Å². The summed E-state index contributed by atoms with van der Waals surface area (Å²) >= 11 is 0. The molecule has 3 rings (SSSR count). The maximum Gasteiger partial charge on any atom is 0.432 e.